The summed E-state index contributed by atoms with van der Waals surface area (Å²) in [4.78, 5) is 12.0. The van der Waals surface area contributed by atoms with Crippen molar-refractivity contribution in [3.8, 4) is 17.2 Å². The van der Waals surface area contributed by atoms with Gasteiger partial charge in [-0.1, -0.05) is 24.3 Å². The maximum Gasteiger partial charge on any atom is 0.342 e. The van der Waals surface area contributed by atoms with E-state index in [4.69, 9.17) is 14.0 Å². The van der Waals surface area contributed by atoms with Gasteiger partial charge in [0.1, 0.15) is 29.6 Å². The predicted octanol–water partition coefficient (Wildman–Crippen LogP) is 4.37. The van der Waals surface area contributed by atoms with Gasteiger partial charge >= 0.3 is 13.5 Å². The molecule has 3 N–H and O–H groups in total. The van der Waals surface area contributed by atoms with E-state index in [0.717, 1.165) is 5.56 Å². The van der Waals surface area contributed by atoms with Crippen LogP contribution in [-0.2, 0) is 18.8 Å². The Morgan fingerprint density at radius 2 is 1.61 bits per heavy atom. The second-order valence-corrected chi connectivity index (χ2v) is 9.25. The highest BCUT2D eigenvalue weighted by molar-refractivity contribution is 7.57. The monoisotopic (exact) mass is 449 g/mol. The van der Waals surface area contributed by atoms with Crippen molar-refractivity contribution in [2.24, 2.45) is 0 Å². The highest BCUT2D eigenvalue weighted by Gasteiger charge is 2.30. The fourth-order valence-electron chi connectivity index (χ4n) is 2.66. The lowest BCUT2D eigenvalue weighted by molar-refractivity contribution is -0.149. The molecule has 0 heterocycles. The maximum absolute atomic E-state index is 13.1. The summed E-state index contributed by atoms with van der Waals surface area (Å²) in [7, 11) is -2.14. The summed E-state index contributed by atoms with van der Waals surface area (Å²) in [5, 5.41) is 21.8. The minimum atomic E-state index is -3.53. The standard InChI is InChI=1S/C22H28NO7P/c1-15(2)29-22(26)16(3)23-31(27,14-28-4)30-21-9-7-17(8-10-21)5-6-18-11-19(24)13-20(25)12-18/h5-13,15-16,24-25H,14H2,1-4H3,(H,23,27)/b6-5+. The smallest absolute Gasteiger partial charge is 0.342 e. The van der Waals surface area contributed by atoms with Crippen molar-refractivity contribution in [1.29, 1.82) is 0 Å². The molecular weight excluding hydrogens is 421 g/mol. The zero-order chi connectivity index (χ0) is 23.0. The summed E-state index contributed by atoms with van der Waals surface area (Å²) in [5.41, 5.74) is 1.45. The molecule has 8 nitrogen and oxygen atoms in total. The third-order valence-electron chi connectivity index (χ3n) is 3.92. The molecule has 0 amide bonds. The molecular formula is C22H28NO7P. The lowest BCUT2D eigenvalue weighted by Crippen LogP contribution is -2.36. The Hall–Kier alpha value is -2.80. The fraction of sp³-hybridized carbons (Fsp3) is 0.318. The van der Waals surface area contributed by atoms with Crippen LogP contribution in [0.3, 0.4) is 0 Å². The van der Waals surface area contributed by atoms with Crippen molar-refractivity contribution in [2.75, 3.05) is 13.5 Å². The minimum absolute atomic E-state index is 0.0312. The average molecular weight is 449 g/mol. The molecule has 0 aliphatic heterocycles. The van der Waals surface area contributed by atoms with Gasteiger partial charge in [-0.25, -0.2) is 5.09 Å². The predicted molar refractivity (Wildman–Crippen MR) is 119 cm³/mol. The Morgan fingerprint density at radius 3 is 2.16 bits per heavy atom. The Kier molecular flexibility index (Phi) is 8.68. The van der Waals surface area contributed by atoms with Crippen LogP contribution in [0.4, 0.5) is 0 Å². The van der Waals surface area contributed by atoms with E-state index in [1.165, 1.54) is 25.3 Å². The van der Waals surface area contributed by atoms with Crippen molar-refractivity contribution < 1.29 is 33.6 Å². The van der Waals surface area contributed by atoms with E-state index in [1.54, 1.807) is 57.2 Å². The number of nitrogens with one attached hydrogen (secondary N) is 1. The fourth-order valence-corrected chi connectivity index (χ4v) is 4.34. The number of aromatic hydroxyl groups is 2. The molecule has 2 aromatic carbocycles. The largest absolute Gasteiger partial charge is 0.508 e. The van der Waals surface area contributed by atoms with E-state index in [9.17, 15) is 19.6 Å². The van der Waals surface area contributed by atoms with Crippen LogP contribution >= 0.6 is 7.52 Å². The number of esters is 1. The van der Waals surface area contributed by atoms with Gasteiger partial charge in [-0.2, -0.15) is 0 Å². The number of hydrogen-bond acceptors (Lipinski definition) is 7. The normalized spacial score (nSPS) is 14.4. The molecule has 2 rings (SSSR count). The van der Waals surface area contributed by atoms with Crippen LogP contribution in [0.5, 0.6) is 17.2 Å². The van der Waals surface area contributed by atoms with Crippen molar-refractivity contribution in [2.45, 2.75) is 32.9 Å². The molecule has 0 radical (unpaired) electrons. The van der Waals surface area contributed by atoms with Crippen LogP contribution < -0.4 is 9.61 Å². The first-order valence-electron chi connectivity index (χ1n) is 9.67. The lowest BCUT2D eigenvalue weighted by Gasteiger charge is -2.23. The number of ether oxygens (including phenoxy) is 2. The maximum atomic E-state index is 13.1. The molecule has 2 atom stereocenters. The molecule has 31 heavy (non-hydrogen) atoms. The van der Waals surface area contributed by atoms with Gasteiger partial charge in [0.25, 0.3) is 0 Å². The Morgan fingerprint density at radius 1 is 1.03 bits per heavy atom. The van der Waals surface area contributed by atoms with Gasteiger partial charge in [-0.05, 0) is 56.2 Å². The first-order valence-corrected chi connectivity index (χ1v) is 11.5. The summed E-state index contributed by atoms with van der Waals surface area (Å²) in [6.07, 6.45) is 3.00. The second-order valence-electron chi connectivity index (χ2n) is 7.20. The summed E-state index contributed by atoms with van der Waals surface area (Å²) in [5.74, 6) is -0.259. The van der Waals surface area contributed by atoms with Crippen LogP contribution in [0.25, 0.3) is 12.2 Å². The zero-order valence-electron chi connectivity index (χ0n) is 17.9. The molecule has 0 aromatic heterocycles. The molecule has 0 saturated carbocycles. The lowest BCUT2D eigenvalue weighted by atomic mass is 10.1. The van der Waals surface area contributed by atoms with Crippen LogP contribution in [0, 0.1) is 0 Å². The summed E-state index contributed by atoms with van der Waals surface area (Å²) < 4.78 is 28.9. The Balaban J connectivity index is 2.08. The summed E-state index contributed by atoms with van der Waals surface area (Å²) in [6.45, 7) is 5.01. The van der Waals surface area contributed by atoms with Crippen LogP contribution in [0.2, 0.25) is 0 Å². The van der Waals surface area contributed by atoms with Crippen molar-refractivity contribution in [3.05, 3.63) is 53.6 Å². The SMILES string of the molecule is COCP(=O)(NC(C)C(=O)OC(C)C)Oc1ccc(/C=C/c2cc(O)cc(O)c2)cc1. The number of carbonyl (C=O) groups is 1. The van der Waals surface area contributed by atoms with Crippen molar-refractivity contribution >= 4 is 25.6 Å². The number of phenols is 2. The van der Waals surface area contributed by atoms with Gasteiger partial charge in [-0.15, -0.1) is 0 Å². The summed E-state index contributed by atoms with van der Waals surface area (Å²) in [6, 6.07) is 10.2. The highest BCUT2D eigenvalue weighted by Crippen LogP contribution is 2.43. The quantitative estimate of drug-likeness (QED) is 0.278. The first-order chi connectivity index (χ1) is 14.6. The molecule has 0 aliphatic rings. The second kappa shape index (κ2) is 11.0. The summed E-state index contributed by atoms with van der Waals surface area (Å²) >= 11 is 0. The van der Waals surface area contributed by atoms with E-state index in [2.05, 4.69) is 5.09 Å². The van der Waals surface area contributed by atoms with E-state index in [-0.39, 0.29) is 24.0 Å². The van der Waals surface area contributed by atoms with Crippen LogP contribution in [0.15, 0.2) is 42.5 Å². The number of hydrogen-bond donors (Lipinski definition) is 3. The number of phenolic OH excluding ortho intramolecular Hbond substituents is 2. The van der Waals surface area contributed by atoms with Gasteiger partial charge in [0.15, 0.2) is 0 Å². The minimum Gasteiger partial charge on any atom is -0.508 e. The molecule has 0 spiro atoms. The Labute approximate surface area is 182 Å². The molecule has 0 bridgehead atoms. The van der Waals surface area contributed by atoms with Crippen LogP contribution in [0.1, 0.15) is 31.9 Å². The van der Waals surface area contributed by atoms with E-state index < -0.39 is 19.5 Å². The third-order valence-corrected chi connectivity index (χ3v) is 5.81. The first kappa shape index (κ1) is 24.5. The molecule has 0 fully saturated rings. The van der Waals surface area contributed by atoms with Crippen LogP contribution in [-0.4, -0.2) is 41.8 Å². The number of carbonyl (C=O) groups excluding carboxylic acids is 1. The average Bonchev–Trinajstić information content (AvgIpc) is 2.66. The number of benzene rings is 2. The zero-order valence-corrected chi connectivity index (χ0v) is 18.8. The molecule has 0 saturated heterocycles. The van der Waals surface area contributed by atoms with Gasteiger partial charge in [-0.3, -0.25) is 9.36 Å². The molecule has 2 aromatic rings. The van der Waals surface area contributed by atoms with E-state index in [1.807, 2.05) is 0 Å². The Bertz CT molecular complexity index is 937. The third kappa shape index (κ3) is 8.09. The van der Waals surface area contributed by atoms with Crippen molar-refractivity contribution in [1.82, 2.24) is 5.09 Å². The van der Waals surface area contributed by atoms with E-state index >= 15 is 0 Å². The number of methoxy groups -OCH3 is 1. The molecule has 168 valence electrons. The molecule has 2 unspecified atom stereocenters. The highest BCUT2D eigenvalue weighted by atomic mass is 31.2. The molecule has 0 aliphatic carbocycles. The van der Waals surface area contributed by atoms with Crippen molar-refractivity contribution in [3.63, 3.8) is 0 Å². The van der Waals surface area contributed by atoms with Gasteiger partial charge in [0.05, 0.1) is 6.10 Å². The number of rotatable bonds is 10. The topological polar surface area (TPSA) is 114 Å². The van der Waals surface area contributed by atoms with Gasteiger partial charge in [0, 0.05) is 13.2 Å². The van der Waals surface area contributed by atoms with Gasteiger partial charge in [0.2, 0.25) is 0 Å². The van der Waals surface area contributed by atoms with E-state index in [0.29, 0.717) is 11.3 Å². The van der Waals surface area contributed by atoms with Gasteiger partial charge < -0.3 is 24.2 Å². The molecule has 9 heteroatoms.